The Morgan fingerprint density at radius 1 is 1.18 bits per heavy atom. The third kappa shape index (κ3) is 5.36. The molecule has 2 aromatic heterocycles. The number of amides is 3. The maximum atomic E-state index is 14.5. The smallest absolute Gasteiger partial charge is 0.287 e. The number of carbonyl (C=O) groups is 3. The predicted molar refractivity (Wildman–Crippen MR) is 127 cm³/mol. The topological polar surface area (TPSA) is 91.7 Å². The van der Waals surface area contributed by atoms with Crippen molar-refractivity contribution in [3.05, 3.63) is 76.1 Å². The number of nitrogens with zero attached hydrogens (tertiary/aromatic N) is 1. The second kappa shape index (κ2) is 10.6. The predicted octanol–water partition coefficient (Wildman–Crippen LogP) is 4.35. The van der Waals surface area contributed by atoms with E-state index in [2.05, 4.69) is 10.6 Å². The average Bonchev–Trinajstić information content (AvgIpc) is 3.61. The summed E-state index contributed by atoms with van der Waals surface area (Å²) in [4.78, 5) is 41.2. The van der Waals surface area contributed by atoms with E-state index in [0.29, 0.717) is 10.4 Å². The van der Waals surface area contributed by atoms with Gasteiger partial charge in [0, 0.05) is 16.6 Å². The van der Waals surface area contributed by atoms with Crippen molar-refractivity contribution in [2.24, 2.45) is 0 Å². The summed E-state index contributed by atoms with van der Waals surface area (Å²) in [5.74, 6) is -1.87. The van der Waals surface area contributed by atoms with E-state index >= 15 is 0 Å². The Hall–Kier alpha value is -3.46. The first-order valence-electron chi connectivity index (χ1n) is 11.2. The molecule has 0 radical (unpaired) electrons. The quantitative estimate of drug-likeness (QED) is 0.498. The first kappa shape index (κ1) is 23.7. The highest BCUT2D eigenvalue weighted by Gasteiger charge is 2.35. The van der Waals surface area contributed by atoms with Crippen LogP contribution in [-0.4, -0.2) is 30.3 Å². The van der Waals surface area contributed by atoms with Crippen LogP contribution in [0.3, 0.4) is 0 Å². The van der Waals surface area contributed by atoms with Crippen molar-refractivity contribution in [3.8, 4) is 0 Å². The second-order valence-electron chi connectivity index (χ2n) is 8.27. The third-order valence-corrected chi connectivity index (χ3v) is 6.79. The van der Waals surface area contributed by atoms with Crippen LogP contribution in [0.15, 0.2) is 58.5 Å². The number of nitrogens with one attached hydrogen (secondary N) is 2. The molecular formula is C25H26FN3O4S. The fraction of sp³-hybridized carbons (Fsp3) is 0.320. The van der Waals surface area contributed by atoms with Crippen LogP contribution in [0.2, 0.25) is 0 Å². The first-order chi connectivity index (χ1) is 16.4. The van der Waals surface area contributed by atoms with E-state index in [4.69, 9.17) is 4.42 Å². The van der Waals surface area contributed by atoms with E-state index in [1.165, 1.54) is 34.6 Å². The van der Waals surface area contributed by atoms with Crippen LogP contribution in [0.4, 0.5) is 10.1 Å². The molecule has 9 heteroatoms. The van der Waals surface area contributed by atoms with Gasteiger partial charge in [-0.3, -0.25) is 19.3 Å². The molecule has 0 aliphatic heterocycles. The molecule has 1 unspecified atom stereocenters. The highest BCUT2D eigenvalue weighted by Crippen LogP contribution is 2.32. The van der Waals surface area contributed by atoms with Gasteiger partial charge in [0.25, 0.3) is 5.91 Å². The fourth-order valence-corrected chi connectivity index (χ4v) is 4.89. The van der Waals surface area contributed by atoms with Gasteiger partial charge in [-0.25, -0.2) is 4.39 Å². The van der Waals surface area contributed by atoms with Crippen molar-refractivity contribution in [2.75, 3.05) is 11.4 Å². The van der Waals surface area contributed by atoms with Crippen LogP contribution in [0.5, 0.6) is 0 Å². The van der Waals surface area contributed by atoms with Crippen molar-refractivity contribution < 1.29 is 23.2 Å². The molecule has 1 fully saturated rings. The number of furan rings is 1. The summed E-state index contributed by atoms with van der Waals surface area (Å²) in [5, 5.41) is 7.41. The molecule has 1 aliphatic rings. The molecule has 0 spiro atoms. The monoisotopic (exact) mass is 483 g/mol. The van der Waals surface area contributed by atoms with Crippen molar-refractivity contribution in [3.63, 3.8) is 0 Å². The largest absolute Gasteiger partial charge is 0.459 e. The molecule has 3 aromatic rings. The van der Waals surface area contributed by atoms with E-state index in [1.54, 1.807) is 37.3 Å². The standard InChI is InChI=1S/C25H26FN3O4S/c1-16-10-11-18(14-19(16)26)29(22(30)15-27-24(31)20-8-4-12-33-20)23(21-9-5-13-34-21)25(32)28-17-6-2-3-7-17/h4-5,8-14,17,23H,2-3,6-7,15H2,1H3,(H,27,31)(H,28,32). The average molecular weight is 484 g/mol. The molecule has 4 rings (SSSR count). The number of hydrogen-bond acceptors (Lipinski definition) is 5. The van der Waals surface area contributed by atoms with E-state index in [1.807, 2.05) is 5.38 Å². The minimum Gasteiger partial charge on any atom is -0.459 e. The number of carbonyl (C=O) groups excluding carboxylic acids is 3. The van der Waals surface area contributed by atoms with Crippen LogP contribution < -0.4 is 15.5 Å². The normalized spacial score (nSPS) is 14.5. The summed E-state index contributed by atoms with van der Waals surface area (Å²) in [5.41, 5.74) is 0.658. The molecule has 2 heterocycles. The Morgan fingerprint density at radius 2 is 1.97 bits per heavy atom. The SMILES string of the molecule is Cc1ccc(N(C(=O)CNC(=O)c2ccco2)C(C(=O)NC2CCCC2)c2cccs2)cc1F. The Balaban J connectivity index is 1.66. The molecule has 2 N–H and O–H groups in total. The van der Waals surface area contributed by atoms with Crippen molar-refractivity contribution in [1.29, 1.82) is 0 Å². The Labute approximate surface area is 200 Å². The summed E-state index contributed by atoms with van der Waals surface area (Å²) in [6, 6.07) is 10.1. The van der Waals surface area contributed by atoms with E-state index < -0.39 is 30.2 Å². The van der Waals surface area contributed by atoms with E-state index in [-0.39, 0.29) is 23.4 Å². The zero-order chi connectivity index (χ0) is 24.1. The van der Waals surface area contributed by atoms with Gasteiger partial charge in [0.1, 0.15) is 11.9 Å². The zero-order valence-corrected chi connectivity index (χ0v) is 19.6. The molecule has 1 atom stereocenters. The molecule has 1 saturated carbocycles. The number of hydrogen-bond donors (Lipinski definition) is 2. The molecule has 1 aromatic carbocycles. The Kier molecular flexibility index (Phi) is 7.42. The minimum atomic E-state index is -1.00. The lowest BCUT2D eigenvalue weighted by atomic mass is 10.1. The number of aryl methyl sites for hydroxylation is 1. The maximum absolute atomic E-state index is 14.5. The Bertz CT molecular complexity index is 1140. The summed E-state index contributed by atoms with van der Waals surface area (Å²) in [6.07, 6.45) is 5.21. The zero-order valence-electron chi connectivity index (χ0n) is 18.8. The van der Waals surface area contributed by atoms with Gasteiger partial charge < -0.3 is 15.1 Å². The van der Waals surface area contributed by atoms with Gasteiger partial charge in [0.05, 0.1) is 12.8 Å². The number of benzene rings is 1. The van der Waals surface area contributed by atoms with E-state index in [0.717, 1.165) is 25.7 Å². The van der Waals surface area contributed by atoms with Gasteiger partial charge in [-0.15, -0.1) is 11.3 Å². The summed E-state index contributed by atoms with van der Waals surface area (Å²) >= 11 is 1.34. The maximum Gasteiger partial charge on any atom is 0.287 e. The number of rotatable bonds is 8. The van der Waals surface area contributed by atoms with Crippen molar-refractivity contribution in [2.45, 2.75) is 44.7 Å². The lowest BCUT2D eigenvalue weighted by molar-refractivity contribution is -0.126. The lowest BCUT2D eigenvalue weighted by Gasteiger charge is -2.31. The summed E-state index contributed by atoms with van der Waals surface area (Å²) in [7, 11) is 0. The van der Waals surface area contributed by atoms with Gasteiger partial charge in [0.2, 0.25) is 11.8 Å². The summed E-state index contributed by atoms with van der Waals surface area (Å²) < 4.78 is 19.6. The molecule has 178 valence electrons. The van der Waals surface area contributed by atoms with Crippen LogP contribution >= 0.6 is 11.3 Å². The van der Waals surface area contributed by atoms with Crippen LogP contribution in [0.25, 0.3) is 0 Å². The van der Waals surface area contributed by atoms with Crippen LogP contribution in [-0.2, 0) is 9.59 Å². The van der Waals surface area contributed by atoms with E-state index in [9.17, 15) is 18.8 Å². The highest BCUT2D eigenvalue weighted by molar-refractivity contribution is 7.10. The molecule has 3 amide bonds. The Morgan fingerprint density at radius 3 is 2.62 bits per heavy atom. The number of anilines is 1. The molecular weight excluding hydrogens is 457 g/mol. The lowest BCUT2D eigenvalue weighted by Crippen LogP contribution is -2.49. The summed E-state index contributed by atoms with van der Waals surface area (Å²) in [6.45, 7) is 1.23. The molecule has 34 heavy (non-hydrogen) atoms. The van der Waals surface area contributed by atoms with Gasteiger partial charge >= 0.3 is 0 Å². The second-order valence-corrected chi connectivity index (χ2v) is 9.24. The number of thiophene rings is 1. The van der Waals surface area contributed by atoms with Crippen LogP contribution in [0, 0.1) is 12.7 Å². The minimum absolute atomic E-state index is 0.0420. The van der Waals surface area contributed by atoms with Gasteiger partial charge in [-0.1, -0.05) is 25.0 Å². The first-order valence-corrected chi connectivity index (χ1v) is 12.1. The fourth-order valence-electron chi connectivity index (χ4n) is 4.08. The van der Waals surface area contributed by atoms with Gasteiger partial charge in [-0.2, -0.15) is 0 Å². The third-order valence-electron chi connectivity index (χ3n) is 5.87. The molecule has 0 bridgehead atoms. The molecule has 0 saturated heterocycles. The highest BCUT2D eigenvalue weighted by atomic mass is 32.1. The van der Waals surface area contributed by atoms with Crippen molar-refractivity contribution >= 4 is 34.7 Å². The van der Waals surface area contributed by atoms with Crippen molar-refractivity contribution in [1.82, 2.24) is 10.6 Å². The number of halogens is 1. The molecule has 7 nitrogen and oxygen atoms in total. The van der Waals surface area contributed by atoms with Gasteiger partial charge in [-0.05, 0) is 61.0 Å². The van der Waals surface area contributed by atoms with Gasteiger partial charge in [0.15, 0.2) is 5.76 Å². The molecule has 1 aliphatic carbocycles. The van der Waals surface area contributed by atoms with Crippen LogP contribution in [0.1, 0.15) is 52.7 Å².